The van der Waals surface area contributed by atoms with Crippen LogP contribution in [-0.4, -0.2) is 70.8 Å². The van der Waals surface area contributed by atoms with E-state index in [4.69, 9.17) is 0 Å². The van der Waals surface area contributed by atoms with Crippen LogP contribution in [0.15, 0.2) is 31.4 Å². The number of aryl methyl sites for hydroxylation is 1. The van der Waals surface area contributed by atoms with Crippen molar-refractivity contribution in [3.8, 4) is 0 Å². The molecule has 0 aliphatic carbocycles. The minimum absolute atomic E-state index is 0.0670. The van der Waals surface area contributed by atoms with Crippen molar-refractivity contribution in [2.75, 3.05) is 18.1 Å². The monoisotopic (exact) mass is 517 g/mol. The number of hydrogen-bond acceptors (Lipinski definition) is 9. The Morgan fingerprint density at radius 3 is 2.81 bits per heavy atom. The minimum Gasteiger partial charge on any atom is -0.481 e. The van der Waals surface area contributed by atoms with Crippen LogP contribution in [0, 0.1) is 12.3 Å². The van der Waals surface area contributed by atoms with Crippen molar-refractivity contribution < 1.29 is 23.7 Å². The van der Waals surface area contributed by atoms with Crippen LogP contribution in [0.25, 0.3) is 0 Å². The van der Waals surface area contributed by atoms with E-state index in [1.54, 1.807) is 23.0 Å². The molecule has 2 aromatic rings. The van der Waals surface area contributed by atoms with Gasteiger partial charge in [-0.3, -0.25) is 14.4 Å². The van der Waals surface area contributed by atoms with Crippen LogP contribution in [0.5, 0.6) is 0 Å². The summed E-state index contributed by atoms with van der Waals surface area (Å²) in [7, 11) is -1.77. The van der Waals surface area contributed by atoms with Crippen molar-refractivity contribution in [3.63, 3.8) is 0 Å². The number of hydrogen-bond donors (Lipinski definition) is 1. The van der Waals surface area contributed by atoms with Crippen LogP contribution in [0.1, 0.15) is 12.6 Å². The Balaban J connectivity index is 1.51. The molecule has 4 rings (SSSR count). The van der Waals surface area contributed by atoms with Gasteiger partial charge in [-0.2, -0.15) is 0 Å². The molecule has 0 saturated carbocycles. The van der Waals surface area contributed by atoms with E-state index >= 15 is 0 Å². The minimum atomic E-state index is -1.77. The lowest BCUT2D eigenvalue weighted by atomic mass is 9.89. The lowest BCUT2D eigenvalue weighted by molar-refractivity contribution is -0.161. The lowest BCUT2D eigenvalue weighted by Gasteiger charge is -2.55. The van der Waals surface area contributed by atoms with Gasteiger partial charge in [-0.1, -0.05) is 6.07 Å². The summed E-state index contributed by atoms with van der Waals surface area (Å²) < 4.78 is 15.5. The molecule has 2 aliphatic rings. The number of amides is 2. The summed E-state index contributed by atoms with van der Waals surface area (Å²) in [4.78, 5) is 43.2. The zero-order valence-electron chi connectivity index (χ0n) is 16.5. The number of aliphatic carboxylic acids is 1. The zero-order chi connectivity index (χ0) is 22.3. The third-order valence-corrected chi connectivity index (χ3v) is 12.1. The number of carboxylic acids is 1. The molecule has 0 spiro atoms. The average molecular weight is 518 g/mol. The van der Waals surface area contributed by atoms with E-state index in [0.717, 1.165) is 14.2 Å². The summed E-state index contributed by atoms with van der Waals surface area (Å²) in [6.45, 7) is 3.24. The summed E-state index contributed by atoms with van der Waals surface area (Å²) in [5, 5.41) is 11.4. The molecule has 2 fully saturated rings. The molecule has 0 bridgehead atoms. The SMILES string of the molecule is CC(=O)N(C1C(=O)N2CC(CSc3scnc3C)(C(=O)O)CS[C@H]12)S(=O)c1cccs1. The first-order valence-corrected chi connectivity index (χ1v) is 14.1. The molecule has 1 N–H and O–H groups in total. The number of thiazole rings is 1. The van der Waals surface area contributed by atoms with Gasteiger partial charge in [0.25, 0.3) is 5.91 Å². The molecule has 166 valence electrons. The maximum Gasteiger partial charge on any atom is 0.313 e. The third kappa shape index (κ3) is 4.06. The largest absolute Gasteiger partial charge is 0.481 e. The highest BCUT2D eigenvalue weighted by Gasteiger charge is 2.60. The Bertz CT molecular complexity index is 1040. The van der Waals surface area contributed by atoms with Crippen LogP contribution in [-0.2, 0) is 25.4 Å². The maximum atomic E-state index is 13.0. The van der Waals surface area contributed by atoms with Gasteiger partial charge in [-0.05, 0) is 18.4 Å². The molecule has 0 radical (unpaired) electrons. The number of β-lactam (4-membered cyclic amide) rings is 1. The van der Waals surface area contributed by atoms with E-state index < -0.39 is 39.7 Å². The highest BCUT2D eigenvalue weighted by molar-refractivity contribution is 8.01. The molecule has 4 atom stereocenters. The molecule has 4 heterocycles. The molecule has 13 heteroatoms. The van der Waals surface area contributed by atoms with Crippen LogP contribution in [0.3, 0.4) is 0 Å². The number of rotatable bonds is 7. The summed E-state index contributed by atoms with van der Waals surface area (Å²) in [6, 6.07) is 2.55. The molecular weight excluding hydrogens is 499 g/mol. The number of carbonyl (C=O) groups is 3. The van der Waals surface area contributed by atoms with Gasteiger partial charge >= 0.3 is 5.97 Å². The highest BCUT2D eigenvalue weighted by Crippen LogP contribution is 2.47. The molecule has 0 aromatic carbocycles. The lowest BCUT2D eigenvalue weighted by Crippen LogP contribution is -2.74. The summed E-state index contributed by atoms with van der Waals surface area (Å²) in [5.41, 5.74) is 1.49. The normalized spacial score (nSPS) is 26.1. The van der Waals surface area contributed by atoms with Crippen LogP contribution < -0.4 is 0 Å². The van der Waals surface area contributed by atoms with E-state index in [1.807, 2.05) is 6.92 Å². The van der Waals surface area contributed by atoms with E-state index in [2.05, 4.69) is 4.98 Å². The first kappa shape index (κ1) is 22.8. The van der Waals surface area contributed by atoms with Gasteiger partial charge in [0, 0.05) is 25.0 Å². The maximum absolute atomic E-state index is 13.0. The first-order valence-electron chi connectivity index (χ1n) is 9.19. The van der Waals surface area contributed by atoms with Crippen LogP contribution in [0.2, 0.25) is 0 Å². The van der Waals surface area contributed by atoms with E-state index in [-0.39, 0.29) is 12.5 Å². The average Bonchev–Trinajstić information content (AvgIpc) is 3.41. The van der Waals surface area contributed by atoms with Crippen molar-refractivity contribution >= 4 is 75.0 Å². The molecule has 2 aliphatic heterocycles. The number of fused-ring (bicyclic) bond motifs is 1. The number of aromatic nitrogens is 1. The zero-order valence-corrected chi connectivity index (χ0v) is 20.6. The molecular formula is C18H19N3O5S5. The van der Waals surface area contributed by atoms with Gasteiger partial charge in [-0.15, -0.1) is 46.2 Å². The van der Waals surface area contributed by atoms with E-state index in [0.29, 0.717) is 15.7 Å². The van der Waals surface area contributed by atoms with Crippen molar-refractivity contribution in [2.45, 2.75) is 33.7 Å². The number of carboxylic acid groups (broad SMARTS) is 1. The summed E-state index contributed by atoms with van der Waals surface area (Å²) in [6.07, 6.45) is 0. The Kier molecular flexibility index (Phi) is 6.50. The van der Waals surface area contributed by atoms with Crippen molar-refractivity contribution in [1.82, 2.24) is 14.2 Å². The molecule has 8 nitrogen and oxygen atoms in total. The van der Waals surface area contributed by atoms with Crippen LogP contribution >= 0.6 is 46.2 Å². The Hall–Kier alpha value is -1.41. The summed E-state index contributed by atoms with van der Waals surface area (Å²) >= 11 is 5.51. The fraction of sp³-hybridized carbons (Fsp3) is 0.444. The Morgan fingerprint density at radius 2 is 2.23 bits per heavy atom. The molecule has 2 amide bonds. The number of carbonyl (C=O) groups excluding carboxylic acids is 2. The second-order valence-corrected chi connectivity index (χ2v) is 13.0. The van der Waals surface area contributed by atoms with Gasteiger partial charge in [-0.25, -0.2) is 13.5 Å². The van der Waals surface area contributed by atoms with Gasteiger partial charge in [0.05, 0.1) is 15.4 Å². The molecule has 3 unspecified atom stereocenters. The van der Waals surface area contributed by atoms with Crippen LogP contribution in [0.4, 0.5) is 0 Å². The molecule has 2 saturated heterocycles. The van der Waals surface area contributed by atoms with Gasteiger partial charge in [0.15, 0.2) is 17.0 Å². The smallest absolute Gasteiger partial charge is 0.313 e. The van der Waals surface area contributed by atoms with E-state index in [1.165, 1.54) is 58.0 Å². The van der Waals surface area contributed by atoms with Gasteiger partial charge < -0.3 is 10.0 Å². The first-order chi connectivity index (χ1) is 14.7. The van der Waals surface area contributed by atoms with Gasteiger partial charge in [0.1, 0.15) is 15.0 Å². The standard InChI is InChI=1S/C18H19N3O5S5/c1-10-16(30-9-19-10)29-8-18(17(24)25)6-20-14(23)13(15(20)28-7-18)21(11(2)22)31(26)12-4-3-5-27-12/h3-5,9,13,15H,6-8H2,1-2H3,(H,24,25)/t13?,15-,18?,31?/m1/s1. The Labute approximate surface area is 198 Å². The number of nitrogens with zero attached hydrogens (tertiary/aromatic N) is 3. The quantitative estimate of drug-likeness (QED) is 0.441. The topological polar surface area (TPSA) is 108 Å². The second kappa shape index (κ2) is 8.85. The molecule has 31 heavy (non-hydrogen) atoms. The predicted octanol–water partition coefficient (Wildman–Crippen LogP) is 2.53. The van der Waals surface area contributed by atoms with Crippen molar-refractivity contribution in [1.29, 1.82) is 0 Å². The van der Waals surface area contributed by atoms with E-state index in [9.17, 15) is 23.7 Å². The van der Waals surface area contributed by atoms with Gasteiger partial charge in [0.2, 0.25) is 5.91 Å². The van der Waals surface area contributed by atoms with Crippen molar-refractivity contribution in [3.05, 3.63) is 28.7 Å². The molecule has 2 aromatic heterocycles. The predicted molar refractivity (Wildman–Crippen MR) is 123 cm³/mol. The fourth-order valence-electron chi connectivity index (χ4n) is 3.47. The Morgan fingerprint density at radius 1 is 1.45 bits per heavy atom. The number of thioether (sulfide) groups is 2. The van der Waals surface area contributed by atoms with Crippen molar-refractivity contribution in [2.24, 2.45) is 5.41 Å². The highest BCUT2D eigenvalue weighted by atomic mass is 32.2. The third-order valence-electron chi connectivity index (χ3n) is 5.16. The number of thiophene rings is 1. The second-order valence-electron chi connectivity index (χ2n) is 7.24. The summed E-state index contributed by atoms with van der Waals surface area (Å²) in [5.74, 6) is -1.14. The fourth-order valence-corrected chi connectivity index (χ4v) is 9.58.